The molecule has 0 aliphatic carbocycles. The third-order valence-electron chi connectivity index (χ3n) is 3.22. The van der Waals surface area contributed by atoms with Gasteiger partial charge in [0.05, 0.1) is 0 Å². The number of hydrogen-bond donors (Lipinski definition) is 2. The zero-order valence-electron chi connectivity index (χ0n) is 11.3. The van der Waals surface area contributed by atoms with Crippen LogP contribution in [0.3, 0.4) is 0 Å². The number of urea groups is 1. The van der Waals surface area contributed by atoms with Crippen molar-refractivity contribution < 1.29 is 14.7 Å². The first-order valence-corrected chi connectivity index (χ1v) is 6.35. The molecule has 1 rings (SSSR count). The number of carbonyl (C=O) groups excluding carboxylic acids is 1. The van der Waals surface area contributed by atoms with Crippen molar-refractivity contribution in [3.05, 3.63) is 11.6 Å². The molecule has 1 atom stereocenters. The van der Waals surface area contributed by atoms with Gasteiger partial charge in [0.2, 0.25) is 0 Å². The summed E-state index contributed by atoms with van der Waals surface area (Å²) in [4.78, 5) is 25.0. The van der Waals surface area contributed by atoms with E-state index in [1.165, 1.54) is 0 Å². The second-order valence-electron chi connectivity index (χ2n) is 5.08. The summed E-state index contributed by atoms with van der Waals surface area (Å²) in [6, 6.07) is -0.291. The van der Waals surface area contributed by atoms with Crippen molar-refractivity contribution in [3.63, 3.8) is 0 Å². The molecule has 1 aliphatic heterocycles. The number of carbonyl (C=O) groups is 2. The number of nitrogens with one attached hydrogen (secondary N) is 1. The normalized spacial score (nSPS) is 18.8. The van der Waals surface area contributed by atoms with E-state index in [0.717, 1.165) is 12.0 Å². The van der Waals surface area contributed by atoms with Crippen molar-refractivity contribution in [2.24, 2.45) is 0 Å². The minimum Gasteiger partial charge on any atom is -0.480 e. The van der Waals surface area contributed by atoms with Crippen molar-refractivity contribution in [1.29, 1.82) is 0 Å². The van der Waals surface area contributed by atoms with E-state index in [9.17, 15) is 14.7 Å². The molecule has 0 aromatic rings. The molecule has 0 aromatic carbocycles. The highest BCUT2D eigenvalue weighted by Crippen LogP contribution is 2.15. The summed E-state index contributed by atoms with van der Waals surface area (Å²) in [5, 5.41) is 11.9. The molecule has 2 amide bonds. The van der Waals surface area contributed by atoms with Gasteiger partial charge in [-0.3, -0.25) is 0 Å². The van der Waals surface area contributed by atoms with Crippen LogP contribution in [0.5, 0.6) is 0 Å². The van der Waals surface area contributed by atoms with Crippen LogP contribution < -0.4 is 5.32 Å². The Hall–Kier alpha value is -1.52. The Labute approximate surface area is 108 Å². The molecule has 0 saturated carbocycles. The molecule has 0 aromatic heterocycles. The number of carboxylic acids is 1. The Kier molecular flexibility index (Phi) is 4.76. The lowest BCUT2D eigenvalue weighted by atomic mass is 9.96. The molecule has 5 heteroatoms. The van der Waals surface area contributed by atoms with Crippen LogP contribution in [0.1, 0.15) is 40.0 Å². The first kappa shape index (κ1) is 14.5. The maximum Gasteiger partial charge on any atom is 0.329 e. The van der Waals surface area contributed by atoms with E-state index in [1.807, 2.05) is 13.8 Å². The SMILES string of the molecule is CCCC(C)(NC(=O)N1CCC=C(C)C1)C(=O)O. The van der Waals surface area contributed by atoms with Crippen LogP contribution >= 0.6 is 0 Å². The summed E-state index contributed by atoms with van der Waals surface area (Å²) < 4.78 is 0. The second kappa shape index (κ2) is 5.89. The van der Waals surface area contributed by atoms with Crippen molar-refractivity contribution >= 4 is 12.0 Å². The van der Waals surface area contributed by atoms with E-state index in [1.54, 1.807) is 11.8 Å². The molecule has 18 heavy (non-hydrogen) atoms. The standard InChI is InChI=1S/C13H22N2O3/c1-4-7-13(3,11(16)17)14-12(18)15-8-5-6-10(2)9-15/h6H,4-5,7-9H2,1-3H3,(H,14,18)(H,16,17). The molecular weight excluding hydrogens is 232 g/mol. The number of nitrogens with zero attached hydrogens (tertiary/aromatic N) is 1. The molecule has 0 fully saturated rings. The van der Waals surface area contributed by atoms with Crippen molar-refractivity contribution in [2.75, 3.05) is 13.1 Å². The smallest absolute Gasteiger partial charge is 0.329 e. The van der Waals surface area contributed by atoms with Crippen LogP contribution in [0, 0.1) is 0 Å². The fraction of sp³-hybridized carbons (Fsp3) is 0.692. The van der Waals surface area contributed by atoms with Crippen LogP contribution in [-0.4, -0.2) is 40.6 Å². The molecule has 102 valence electrons. The van der Waals surface area contributed by atoms with E-state index in [0.29, 0.717) is 25.9 Å². The highest BCUT2D eigenvalue weighted by atomic mass is 16.4. The molecular formula is C13H22N2O3. The predicted molar refractivity (Wildman–Crippen MR) is 69.4 cm³/mol. The van der Waals surface area contributed by atoms with E-state index < -0.39 is 11.5 Å². The van der Waals surface area contributed by atoms with Crippen LogP contribution in [0.15, 0.2) is 11.6 Å². The quantitative estimate of drug-likeness (QED) is 0.754. The van der Waals surface area contributed by atoms with Crippen molar-refractivity contribution in [3.8, 4) is 0 Å². The Bertz CT molecular complexity index is 365. The lowest BCUT2D eigenvalue weighted by molar-refractivity contribution is -0.144. The van der Waals surface area contributed by atoms with Gasteiger partial charge < -0.3 is 15.3 Å². The molecule has 1 heterocycles. The zero-order chi connectivity index (χ0) is 13.8. The zero-order valence-corrected chi connectivity index (χ0v) is 11.3. The first-order valence-electron chi connectivity index (χ1n) is 6.35. The number of carboxylic acid groups (broad SMARTS) is 1. The van der Waals surface area contributed by atoms with Gasteiger partial charge in [-0.05, 0) is 26.7 Å². The average Bonchev–Trinajstić information content (AvgIpc) is 2.29. The van der Waals surface area contributed by atoms with Gasteiger partial charge in [0, 0.05) is 13.1 Å². The average molecular weight is 254 g/mol. The van der Waals surface area contributed by atoms with E-state index in [-0.39, 0.29) is 6.03 Å². The molecule has 5 nitrogen and oxygen atoms in total. The molecule has 2 N–H and O–H groups in total. The second-order valence-corrected chi connectivity index (χ2v) is 5.08. The Morgan fingerprint density at radius 1 is 1.56 bits per heavy atom. The van der Waals surface area contributed by atoms with Gasteiger partial charge in [-0.2, -0.15) is 0 Å². The van der Waals surface area contributed by atoms with Crippen molar-refractivity contribution in [1.82, 2.24) is 10.2 Å². The van der Waals surface area contributed by atoms with Gasteiger partial charge in [0.25, 0.3) is 0 Å². The number of hydrogen-bond acceptors (Lipinski definition) is 2. The van der Waals surface area contributed by atoms with Crippen LogP contribution in [0.25, 0.3) is 0 Å². The summed E-state index contributed by atoms with van der Waals surface area (Å²) in [6.07, 6.45) is 4.07. The third kappa shape index (κ3) is 3.48. The van der Waals surface area contributed by atoms with Gasteiger partial charge in [0.15, 0.2) is 0 Å². The van der Waals surface area contributed by atoms with E-state index in [4.69, 9.17) is 0 Å². The predicted octanol–water partition coefficient (Wildman–Crippen LogP) is 1.99. The third-order valence-corrected chi connectivity index (χ3v) is 3.22. The maximum absolute atomic E-state index is 12.1. The van der Waals surface area contributed by atoms with Crippen LogP contribution in [0.4, 0.5) is 4.79 Å². The van der Waals surface area contributed by atoms with E-state index >= 15 is 0 Å². The first-order chi connectivity index (χ1) is 8.39. The van der Waals surface area contributed by atoms with Gasteiger partial charge in [-0.25, -0.2) is 9.59 Å². The minimum atomic E-state index is -1.18. The molecule has 0 spiro atoms. The fourth-order valence-electron chi connectivity index (χ4n) is 2.12. The van der Waals surface area contributed by atoms with Crippen LogP contribution in [-0.2, 0) is 4.79 Å². The summed E-state index contributed by atoms with van der Waals surface area (Å²) in [6.45, 7) is 6.66. The molecule has 1 aliphatic rings. The van der Waals surface area contributed by atoms with Crippen molar-refractivity contribution in [2.45, 2.75) is 45.6 Å². The maximum atomic E-state index is 12.1. The minimum absolute atomic E-state index is 0.291. The summed E-state index contributed by atoms with van der Waals surface area (Å²) in [5.41, 5.74) is -0.0371. The number of amides is 2. The van der Waals surface area contributed by atoms with E-state index in [2.05, 4.69) is 11.4 Å². The monoisotopic (exact) mass is 254 g/mol. The highest BCUT2D eigenvalue weighted by Gasteiger charge is 2.35. The summed E-state index contributed by atoms with van der Waals surface area (Å²) in [5.74, 6) is -0.984. The Morgan fingerprint density at radius 3 is 2.72 bits per heavy atom. The highest BCUT2D eigenvalue weighted by molar-refractivity contribution is 5.86. The summed E-state index contributed by atoms with van der Waals surface area (Å²) >= 11 is 0. The van der Waals surface area contributed by atoms with Crippen LogP contribution in [0.2, 0.25) is 0 Å². The number of rotatable bonds is 4. The summed E-state index contributed by atoms with van der Waals surface area (Å²) in [7, 11) is 0. The topological polar surface area (TPSA) is 69.6 Å². The van der Waals surface area contributed by atoms with Gasteiger partial charge in [-0.15, -0.1) is 0 Å². The Balaban J connectivity index is 2.67. The Morgan fingerprint density at radius 2 is 2.22 bits per heavy atom. The van der Waals surface area contributed by atoms with Gasteiger partial charge in [0.1, 0.15) is 5.54 Å². The lowest BCUT2D eigenvalue weighted by Gasteiger charge is -2.32. The number of aliphatic carboxylic acids is 1. The van der Waals surface area contributed by atoms with Gasteiger partial charge >= 0.3 is 12.0 Å². The molecule has 1 unspecified atom stereocenters. The largest absolute Gasteiger partial charge is 0.480 e. The molecule has 0 bridgehead atoms. The molecule has 0 radical (unpaired) electrons. The lowest BCUT2D eigenvalue weighted by Crippen LogP contribution is -2.56. The fourth-order valence-corrected chi connectivity index (χ4v) is 2.12. The molecule has 0 saturated heterocycles. The van der Waals surface area contributed by atoms with Gasteiger partial charge in [-0.1, -0.05) is 25.0 Å².